The number of thiazole rings is 1. The molecule has 2 heterocycles. The monoisotopic (exact) mass is 456 g/mol. The van der Waals surface area contributed by atoms with Gasteiger partial charge in [-0.1, -0.05) is 47.5 Å². The van der Waals surface area contributed by atoms with Gasteiger partial charge in [0.25, 0.3) is 5.91 Å². The second-order valence-electron chi connectivity index (χ2n) is 6.79. The molecule has 8 heteroatoms. The van der Waals surface area contributed by atoms with Crippen LogP contribution in [0.3, 0.4) is 0 Å². The van der Waals surface area contributed by atoms with Gasteiger partial charge in [0.1, 0.15) is 21.8 Å². The molecule has 152 valence electrons. The largest absolute Gasteiger partial charge is 0.337 e. The third kappa shape index (κ3) is 4.26. The van der Waals surface area contributed by atoms with Crippen LogP contribution in [-0.2, 0) is 7.05 Å². The molecular weight excluding hydrogens is 439 g/mol. The molecule has 0 fully saturated rings. The minimum atomic E-state index is -0.421. The van der Waals surface area contributed by atoms with Crippen LogP contribution >= 0.6 is 34.5 Å². The van der Waals surface area contributed by atoms with Gasteiger partial charge >= 0.3 is 0 Å². The third-order valence-corrected chi connectivity index (χ3v) is 6.40. The summed E-state index contributed by atoms with van der Waals surface area (Å²) in [6, 6.07) is 14.4. The number of nitrogens with one attached hydrogen (secondary N) is 1. The molecule has 0 aliphatic heterocycles. The number of amides is 1. The summed E-state index contributed by atoms with van der Waals surface area (Å²) in [6.07, 6.45) is 3.56. The van der Waals surface area contributed by atoms with Crippen LogP contribution in [0.15, 0.2) is 60.9 Å². The molecule has 0 aliphatic rings. The number of hydrogen-bond donors (Lipinski definition) is 1. The van der Waals surface area contributed by atoms with Gasteiger partial charge in [-0.3, -0.25) is 4.79 Å². The minimum absolute atomic E-state index is 0.201. The van der Waals surface area contributed by atoms with E-state index in [0.29, 0.717) is 20.6 Å². The van der Waals surface area contributed by atoms with Crippen molar-refractivity contribution in [3.63, 3.8) is 0 Å². The van der Waals surface area contributed by atoms with Gasteiger partial charge < -0.3 is 9.88 Å². The molecule has 5 nitrogen and oxygen atoms in total. The van der Waals surface area contributed by atoms with E-state index >= 15 is 0 Å². The number of aryl methyl sites for hydroxylation is 2. The third-order valence-electron chi connectivity index (χ3n) is 4.69. The van der Waals surface area contributed by atoms with Gasteiger partial charge in [-0.25, -0.2) is 9.97 Å². The van der Waals surface area contributed by atoms with E-state index in [2.05, 4.69) is 15.3 Å². The summed E-state index contributed by atoms with van der Waals surface area (Å²) in [5.74, 6) is 0.527. The predicted molar refractivity (Wildman–Crippen MR) is 121 cm³/mol. The lowest BCUT2D eigenvalue weighted by atomic mass is 10.1. The zero-order chi connectivity index (χ0) is 21.3. The number of imidazole rings is 1. The number of rotatable bonds is 5. The highest BCUT2D eigenvalue weighted by Gasteiger charge is 2.24. The zero-order valence-electron chi connectivity index (χ0n) is 16.3. The van der Waals surface area contributed by atoms with Crippen LogP contribution in [0.1, 0.15) is 32.8 Å². The molecule has 0 spiro atoms. The van der Waals surface area contributed by atoms with E-state index in [1.165, 1.54) is 11.3 Å². The maximum absolute atomic E-state index is 13.2. The Balaban J connectivity index is 1.65. The highest BCUT2D eigenvalue weighted by molar-refractivity contribution is 7.17. The van der Waals surface area contributed by atoms with E-state index in [9.17, 15) is 4.79 Å². The molecule has 30 heavy (non-hydrogen) atoms. The van der Waals surface area contributed by atoms with Crippen molar-refractivity contribution in [2.45, 2.75) is 13.0 Å². The van der Waals surface area contributed by atoms with Crippen molar-refractivity contribution in [3.05, 3.63) is 92.9 Å². The first kappa shape index (κ1) is 20.6. The molecule has 4 rings (SSSR count). The predicted octanol–water partition coefficient (Wildman–Crippen LogP) is 5.68. The van der Waals surface area contributed by atoms with E-state index in [4.69, 9.17) is 23.2 Å². The van der Waals surface area contributed by atoms with Crippen molar-refractivity contribution >= 4 is 40.4 Å². The quantitative estimate of drug-likeness (QED) is 0.420. The van der Waals surface area contributed by atoms with Crippen LogP contribution in [0.25, 0.3) is 10.6 Å². The van der Waals surface area contributed by atoms with Gasteiger partial charge in [-0.2, -0.15) is 0 Å². The fraction of sp³-hybridized carbons (Fsp3) is 0.136. The molecule has 0 bridgehead atoms. The Hall–Kier alpha value is -2.67. The van der Waals surface area contributed by atoms with Crippen LogP contribution < -0.4 is 5.32 Å². The Labute approximate surface area is 188 Å². The van der Waals surface area contributed by atoms with Crippen LogP contribution in [0.5, 0.6) is 0 Å². The van der Waals surface area contributed by atoms with E-state index in [-0.39, 0.29) is 5.91 Å². The van der Waals surface area contributed by atoms with Crippen molar-refractivity contribution < 1.29 is 4.79 Å². The molecule has 1 unspecified atom stereocenters. The average molecular weight is 457 g/mol. The molecule has 4 aromatic rings. The van der Waals surface area contributed by atoms with Crippen LogP contribution in [0.2, 0.25) is 10.0 Å². The summed E-state index contributed by atoms with van der Waals surface area (Å²) >= 11 is 13.4. The fourth-order valence-electron chi connectivity index (χ4n) is 3.13. The van der Waals surface area contributed by atoms with Crippen molar-refractivity contribution in [1.29, 1.82) is 0 Å². The van der Waals surface area contributed by atoms with Crippen molar-refractivity contribution in [1.82, 2.24) is 19.9 Å². The zero-order valence-corrected chi connectivity index (χ0v) is 18.6. The molecule has 1 atom stereocenters. The maximum Gasteiger partial charge on any atom is 0.264 e. The van der Waals surface area contributed by atoms with E-state index in [0.717, 1.165) is 22.0 Å². The first-order valence-corrected chi connectivity index (χ1v) is 10.8. The average Bonchev–Trinajstić information content (AvgIpc) is 3.33. The van der Waals surface area contributed by atoms with Crippen LogP contribution in [-0.4, -0.2) is 20.4 Å². The Morgan fingerprint density at radius 1 is 1.07 bits per heavy atom. The minimum Gasteiger partial charge on any atom is -0.337 e. The number of halogens is 2. The van der Waals surface area contributed by atoms with Gasteiger partial charge in [0.2, 0.25) is 0 Å². The van der Waals surface area contributed by atoms with Crippen molar-refractivity contribution in [2.75, 3.05) is 0 Å². The van der Waals surface area contributed by atoms with E-state index in [1.54, 1.807) is 18.3 Å². The van der Waals surface area contributed by atoms with Gasteiger partial charge in [-0.15, -0.1) is 11.3 Å². The smallest absolute Gasteiger partial charge is 0.264 e. The highest BCUT2D eigenvalue weighted by Crippen LogP contribution is 2.30. The molecule has 1 amide bonds. The fourth-order valence-corrected chi connectivity index (χ4v) is 4.35. The Kier molecular flexibility index (Phi) is 5.90. The van der Waals surface area contributed by atoms with Crippen molar-refractivity contribution in [3.8, 4) is 10.6 Å². The van der Waals surface area contributed by atoms with Gasteiger partial charge in [0.15, 0.2) is 0 Å². The Bertz CT molecular complexity index is 1180. The SMILES string of the molecule is Cc1nc(-c2ccc(Cl)cc2)sc1C(=O)NC(c1ccc(Cl)cc1)c1nccn1C. The first-order chi connectivity index (χ1) is 14.4. The Morgan fingerprint density at radius 3 is 2.30 bits per heavy atom. The van der Waals surface area contributed by atoms with Crippen molar-refractivity contribution in [2.24, 2.45) is 7.05 Å². The lowest BCUT2D eigenvalue weighted by molar-refractivity contribution is 0.0944. The second-order valence-corrected chi connectivity index (χ2v) is 8.67. The number of carbonyl (C=O) groups excluding carboxylic acids is 1. The topological polar surface area (TPSA) is 59.8 Å². The van der Waals surface area contributed by atoms with E-state index < -0.39 is 6.04 Å². The standard InChI is InChI=1S/C22H18Cl2N4OS/c1-13-19(30-22(26-13)15-5-9-17(24)10-6-15)21(29)27-18(20-25-11-12-28(20)2)14-3-7-16(23)8-4-14/h3-12,18H,1-2H3,(H,27,29). The maximum atomic E-state index is 13.2. The summed E-state index contributed by atoms with van der Waals surface area (Å²) in [5, 5.41) is 5.18. The van der Waals surface area contributed by atoms with Gasteiger partial charge in [-0.05, 0) is 36.8 Å². The lowest BCUT2D eigenvalue weighted by Crippen LogP contribution is -2.31. The highest BCUT2D eigenvalue weighted by atomic mass is 35.5. The number of nitrogens with zero attached hydrogens (tertiary/aromatic N) is 3. The normalized spacial score (nSPS) is 12.0. The molecule has 0 radical (unpaired) electrons. The molecule has 0 saturated carbocycles. The molecule has 2 aromatic heterocycles. The summed E-state index contributed by atoms with van der Waals surface area (Å²) in [5.41, 5.74) is 2.49. The number of aromatic nitrogens is 3. The molecule has 0 saturated heterocycles. The number of hydrogen-bond acceptors (Lipinski definition) is 4. The Morgan fingerprint density at radius 2 is 1.70 bits per heavy atom. The summed E-state index contributed by atoms with van der Waals surface area (Å²) in [6.45, 7) is 1.84. The number of carbonyl (C=O) groups is 1. The lowest BCUT2D eigenvalue weighted by Gasteiger charge is -2.19. The van der Waals surface area contributed by atoms with Gasteiger partial charge in [0.05, 0.1) is 5.69 Å². The molecule has 1 N–H and O–H groups in total. The summed E-state index contributed by atoms with van der Waals surface area (Å²) < 4.78 is 1.89. The first-order valence-electron chi connectivity index (χ1n) is 9.19. The molecular formula is C22H18Cl2N4OS. The van der Waals surface area contributed by atoms with Crippen LogP contribution in [0.4, 0.5) is 0 Å². The molecule has 0 aliphatic carbocycles. The summed E-state index contributed by atoms with van der Waals surface area (Å²) in [4.78, 5) is 22.8. The number of benzene rings is 2. The van der Waals surface area contributed by atoms with Gasteiger partial charge in [0, 0.05) is 35.1 Å². The molecule has 2 aromatic carbocycles. The second kappa shape index (κ2) is 8.60. The van der Waals surface area contributed by atoms with Crippen LogP contribution in [0, 0.1) is 6.92 Å². The summed E-state index contributed by atoms with van der Waals surface area (Å²) in [7, 11) is 1.90. The van der Waals surface area contributed by atoms with E-state index in [1.807, 2.05) is 61.1 Å².